The standard InChI is InChI=1S/C10H18N2O2S/c1-4-6-7-13-8-14-9(3)12-10(11)15-5-2/h4,6-7,9H,1,5,8H2,2-3H3,(H2,11,12)/b7-6+. The number of hydrogen-bond acceptors (Lipinski definition) is 4. The van der Waals surface area contributed by atoms with E-state index in [4.69, 9.17) is 15.2 Å². The number of thioether (sulfide) groups is 1. The van der Waals surface area contributed by atoms with Crippen molar-refractivity contribution in [3.05, 3.63) is 25.0 Å². The molecule has 2 N–H and O–H groups in total. The first-order valence-corrected chi connectivity index (χ1v) is 5.66. The zero-order chi connectivity index (χ0) is 11.5. The third kappa shape index (κ3) is 9.37. The van der Waals surface area contributed by atoms with Gasteiger partial charge >= 0.3 is 0 Å². The van der Waals surface area contributed by atoms with Gasteiger partial charge in [-0.15, -0.1) is 0 Å². The van der Waals surface area contributed by atoms with Gasteiger partial charge in [-0.1, -0.05) is 31.3 Å². The maximum atomic E-state index is 5.60. The van der Waals surface area contributed by atoms with E-state index in [2.05, 4.69) is 11.6 Å². The monoisotopic (exact) mass is 230 g/mol. The fourth-order valence-electron chi connectivity index (χ4n) is 0.690. The zero-order valence-corrected chi connectivity index (χ0v) is 10.00. The number of allylic oxidation sites excluding steroid dienone is 2. The number of hydrogen-bond donors (Lipinski definition) is 1. The van der Waals surface area contributed by atoms with Gasteiger partial charge in [0.05, 0.1) is 6.26 Å². The molecule has 1 atom stereocenters. The average molecular weight is 230 g/mol. The van der Waals surface area contributed by atoms with Crippen molar-refractivity contribution in [1.29, 1.82) is 0 Å². The SMILES string of the molecule is C=C/C=C/OCOC(C)N=C(N)SCC. The lowest BCUT2D eigenvalue weighted by Crippen LogP contribution is -2.14. The Hall–Kier alpha value is -0.940. The third-order valence-corrected chi connectivity index (χ3v) is 1.98. The maximum absolute atomic E-state index is 5.60. The van der Waals surface area contributed by atoms with E-state index in [9.17, 15) is 0 Å². The van der Waals surface area contributed by atoms with Crippen molar-refractivity contribution in [2.45, 2.75) is 20.1 Å². The van der Waals surface area contributed by atoms with Crippen molar-refractivity contribution in [1.82, 2.24) is 0 Å². The average Bonchev–Trinajstić information content (AvgIpc) is 2.17. The molecule has 86 valence electrons. The van der Waals surface area contributed by atoms with Gasteiger partial charge in [0.1, 0.15) is 0 Å². The summed E-state index contributed by atoms with van der Waals surface area (Å²) in [6, 6.07) is 0. The molecule has 0 saturated carbocycles. The van der Waals surface area contributed by atoms with Crippen LogP contribution in [0.15, 0.2) is 30.0 Å². The molecule has 0 fully saturated rings. The molecule has 0 saturated heterocycles. The van der Waals surface area contributed by atoms with Crippen molar-refractivity contribution in [3.8, 4) is 0 Å². The van der Waals surface area contributed by atoms with Crippen molar-refractivity contribution in [2.24, 2.45) is 10.7 Å². The van der Waals surface area contributed by atoms with Gasteiger partial charge in [0.2, 0.25) is 0 Å². The number of rotatable bonds is 7. The molecule has 0 bridgehead atoms. The summed E-state index contributed by atoms with van der Waals surface area (Å²) < 4.78 is 10.2. The van der Waals surface area contributed by atoms with Crippen LogP contribution in [0.2, 0.25) is 0 Å². The van der Waals surface area contributed by atoms with Crippen LogP contribution in [-0.2, 0) is 9.47 Å². The smallest absolute Gasteiger partial charge is 0.190 e. The second-order valence-electron chi connectivity index (χ2n) is 2.52. The minimum absolute atomic E-state index is 0.152. The van der Waals surface area contributed by atoms with Crippen molar-refractivity contribution >= 4 is 16.9 Å². The number of ether oxygens (including phenoxy) is 2. The summed E-state index contributed by atoms with van der Waals surface area (Å²) in [5, 5.41) is 0.534. The van der Waals surface area contributed by atoms with Gasteiger partial charge in [-0.3, -0.25) is 0 Å². The lowest BCUT2D eigenvalue weighted by atomic mass is 10.6. The highest BCUT2D eigenvalue weighted by atomic mass is 32.2. The first-order chi connectivity index (χ1) is 7.20. The molecule has 0 aromatic rings. The summed E-state index contributed by atoms with van der Waals surface area (Å²) in [6.07, 6.45) is 4.52. The summed E-state index contributed by atoms with van der Waals surface area (Å²) >= 11 is 1.49. The fourth-order valence-corrected chi connectivity index (χ4v) is 1.21. The fraction of sp³-hybridized carbons (Fsp3) is 0.500. The summed E-state index contributed by atoms with van der Waals surface area (Å²) in [6.45, 7) is 7.48. The van der Waals surface area contributed by atoms with Gasteiger partial charge in [-0.25, -0.2) is 4.99 Å². The van der Waals surface area contributed by atoms with Gasteiger partial charge in [-0.2, -0.15) is 0 Å². The molecule has 0 rings (SSSR count). The Balaban J connectivity index is 3.64. The maximum Gasteiger partial charge on any atom is 0.190 e. The Labute approximate surface area is 95.2 Å². The molecule has 4 nitrogen and oxygen atoms in total. The Morgan fingerprint density at radius 1 is 1.67 bits per heavy atom. The number of aliphatic imine (C=N–C) groups is 1. The van der Waals surface area contributed by atoms with E-state index in [1.807, 2.05) is 13.8 Å². The summed E-state index contributed by atoms with van der Waals surface area (Å²) in [4.78, 5) is 4.10. The molecule has 15 heavy (non-hydrogen) atoms. The lowest BCUT2D eigenvalue weighted by Gasteiger charge is -2.08. The molecule has 0 aliphatic carbocycles. The molecule has 0 spiro atoms. The van der Waals surface area contributed by atoms with Crippen molar-refractivity contribution in [2.75, 3.05) is 12.5 Å². The molecule has 5 heteroatoms. The summed E-state index contributed by atoms with van der Waals surface area (Å²) in [5.41, 5.74) is 5.60. The zero-order valence-electron chi connectivity index (χ0n) is 9.18. The van der Waals surface area contributed by atoms with Crippen molar-refractivity contribution < 1.29 is 9.47 Å². The Morgan fingerprint density at radius 3 is 3.00 bits per heavy atom. The van der Waals surface area contributed by atoms with E-state index in [-0.39, 0.29) is 13.0 Å². The second-order valence-corrected chi connectivity index (χ2v) is 3.80. The van der Waals surface area contributed by atoms with Crippen LogP contribution in [0.25, 0.3) is 0 Å². The molecule has 0 radical (unpaired) electrons. The number of nitrogens with zero attached hydrogens (tertiary/aromatic N) is 1. The first-order valence-electron chi connectivity index (χ1n) is 4.67. The molecular formula is C10H18N2O2S. The predicted octanol–water partition coefficient (Wildman–Crippen LogP) is 2.09. The molecule has 0 amide bonds. The van der Waals surface area contributed by atoms with Crippen LogP contribution in [0.4, 0.5) is 0 Å². The lowest BCUT2D eigenvalue weighted by molar-refractivity contribution is -0.0458. The van der Waals surface area contributed by atoms with Crippen LogP contribution in [0, 0.1) is 0 Å². The van der Waals surface area contributed by atoms with Crippen LogP contribution in [-0.4, -0.2) is 23.9 Å². The highest BCUT2D eigenvalue weighted by molar-refractivity contribution is 8.13. The van der Waals surface area contributed by atoms with Crippen LogP contribution in [0.3, 0.4) is 0 Å². The largest absolute Gasteiger partial charge is 0.475 e. The van der Waals surface area contributed by atoms with E-state index in [1.165, 1.54) is 18.0 Å². The first kappa shape index (κ1) is 14.1. The molecule has 1 unspecified atom stereocenters. The van der Waals surface area contributed by atoms with Gasteiger partial charge in [0.25, 0.3) is 0 Å². The van der Waals surface area contributed by atoms with Crippen molar-refractivity contribution in [3.63, 3.8) is 0 Å². The highest BCUT2D eigenvalue weighted by Crippen LogP contribution is 2.01. The van der Waals surface area contributed by atoms with Gasteiger partial charge in [0, 0.05) is 0 Å². The molecule has 0 aliphatic heterocycles. The molecule has 0 aromatic carbocycles. The van der Waals surface area contributed by atoms with Crippen LogP contribution < -0.4 is 5.73 Å². The molecule has 0 aromatic heterocycles. The molecule has 0 aliphatic rings. The topological polar surface area (TPSA) is 56.8 Å². The van der Waals surface area contributed by atoms with E-state index in [0.717, 1.165) is 5.75 Å². The molecular weight excluding hydrogens is 212 g/mol. The minimum atomic E-state index is -0.291. The van der Waals surface area contributed by atoms with E-state index in [0.29, 0.717) is 5.17 Å². The van der Waals surface area contributed by atoms with E-state index >= 15 is 0 Å². The molecule has 0 heterocycles. The Kier molecular flexibility index (Phi) is 9.01. The number of nitrogens with two attached hydrogens (primary N) is 1. The second kappa shape index (κ2) is 9.61. The van der Waals surface area contributed by atoms with Gasteiger partial charge in [-0.05, 0) is 18.8 Å². The van der Waals surface area contributed by atoms with Crippen LogP contribution in [0.5, 0.6) is 0 Å². The highest BCUT2D eigenvalue weighted by Gasteiger charge is 1.99. The van der Waals surface area contributed by atoms with Crippen LogP contribution in [0.1, 0.15) is 13.8 Å². The van der Waals surface area contributed by atoms with Gasteiger partial charge < -0.3 is 15.2 Å². The van der Waals surface area contributed by atoms with Crippen LogP contribution >= 0.6 is 11.8 Å². The minimum Gasteiger partial charge on any atom is -0.475 e. The quantitative estimate of drug-likeness (QED) is 0.182. The Bertz CT molecular complexity index is 229. The Morgan fingerprint density at radius 2 is 2.40 bits per heavy atom. The number of amidine groups is 1. The summed E-state index contributed by atoms with van der Waals surface area (Å²) in [7, 11) is 0. The van der Waals surface area contributed by atoms with E-state index in [1.54, 1.807) is 12.2 Å². The van der Waals surface area contributed by atoms with E-state index < -0.39 is 0 Å². The third-order valence-electron chi connectivity index (χ3n) is 1.29. The predicted molar refractivity (Wildman–Crippen MR) is 65.6 cm³/mol. The summed E-state index contributed by atoms with van der Waals surface area (Å²) in [5.74, 6) is 0.903. The van der Waals surface area contributed by atoms with Gasteiger partial charge in [0.15, 0.2) is 18.2 Å². The normalized spacial score (nSPS) is 14.1.